The van der Waals surface area contributed by atoms with Crippen molar-refractivity contribution in [2.75, 3.05) is 6.54 Å². The SMILES string of the molecule is CCCC(N)CC(=O)NCC1CCCC1O. The Hall–Kier alpha value is -0.610. The van der Waals surface area contributed by atoms with E-state index < -0.39 is 0 Å². The van der Waals surface area contributed by atoms with Gasteiger partial charge < -0.3 is 16.2 Å². The zero-order chi connectivity index (χ0) is 12.0. The Morgan fingerprint density at radius 1 is 1.56 bits per heavy atom. The second kappa shape index (κ2) is 6.86. The van der Waals surface area contributed by atoms with Crippen LogP contribution < -0.4 is 11.1 Å². The number of amides is 1. The van der Waals surface area contributed by atoms with Crippen LogP contribution in [0.3, 0.4) is 0 Å². The maximum atomic E-state index is 11.5. The highest BCUT2D eigenvalue weighted by molar-refractivity contribution is 5.76. The van der Waals surface area contributed by atoms with Crippen LogP contribution in [0.4, 0.5) is 0 Å². The minimum absolute atomic E-state index is 0.0139. The molecule has 1 fully saturated rings. The maximum Gasteiger partial charge on any atom is 0.221 e. The average Bonchev–Trinajstić information content (AvgIpc) is 2.61. The Labute approximate surface area is 97.6 Å². The van der Waals surface area contributed by atoms with Gasteiger partial charge in [-0.05, 0) is 19.3 Å². The summed E-state index contributed by atoms with van der Waals surface area (Å²) in [6.07, 6.45) is 5.02. The van der Waals surface area contributed by atoms with Crippen molar-refractivity contribution in [2.24, 2.45) is 11.7 Å². The molecule has 3 unspecified atom stereocenters. The number of nitrogens with two attached hydrogens (primary N) is 1. The molecule has 3 atom stereocenters. The lowest BCUT2D eigenvalue weighted by molar-refractivity contribution is -0.121. The second-order valence-corrected chi connectivity index (χ2v) is 4.82. The molecule has 0 aromatic heterocycles. The number of carbonyl (C=O) groups excluding carboxylic acids is 1. The molecular weight excluding hydrogens is 204 g/mol. The van der Waals surface area contributed by atoms with Crippen LogP contribution in [0.1, 0.15) is 45.4 Å². The molecule has 0 radical (unpaired) electrons. The van der Waals surface area contributed by atoms with Crippen LogP contribution in [-0.4, -0.2) is 29.7 Å². The summed E-state index contributed by atoms with van der Waals surface area (Å²) in [5.41, 5.74) is 5.79. The summed E-state index contributed by atoms with van der Waals surface area (Å²) in [6, 6.07) is -0.0292. The molecule has 0 aromatic rings. The average molecular weight is 228 g/mol. The Kier molecular flexibility index (Phi) is 5.77. The number of aliphatic hydroxyl groups is 1. The minimum Gasteiger partial charge on any atom is -0.393 e. The summed E-state index contributed by atoms with van der Waals surface area (Å²) in [4.78, 5) is 11.5. The lowest BCUT2D eigenvalue weighted by atomic mass is 10.1. The Balaban J connectivity index is 2.14. The molecule has 0 saturated heterocycles. The number of rotatable bonds is 6. The van der Waals surface area contributed by atoms with E-state index in [1.54, 1.807) is 0 Å². The fraction of sp³-hybridized carbons (Fsp3) is 0.917. The summed E-state index contributed by atoms with van der Waals surface area (Å²) in [5.74, 6) is 0.256. The lowest BCUT2D eigenvalue weighted by Gasteiger charge is -2.16. The monoisotopic (exact) mass is 228 g/mol. The topological polar surface area (TPSA) is 75.4 Å². The summed E-state index contributed by atoms with van der Waals surface area (Å²) in [7, 11) is 0. The van der Waals surface area contributed by atoms with E-state index in [1.807, 2.05) is 0 Å². The highest BCUT2D eigenvalue weighted by atomic mass is 16.3. The third kappa shape index (κ3) is 4.49. The van der Waals surface area contributed by atoms with Gasteiger partial charge in [0.2, 0.25) is 5.91 Å². The first-order chi connectivity index (χ1) is 7.63. The number of carbonyl (C=O) groups is 1. The number of hydrogen-bond acceptors (Lipinski definition) is 3. The smallest absolute Gasteiger partial charge is 0.221 e. The maximum absolute atomic E-state index is 11.5. The van der Waals surface area contributed by atoms with Crippen molar-refractivity contribution in [3.8, 4) is 0 Å². The van der Waals surface area contributed by atoms with E-state index in [0.29, 0.717) is 13.0 Å². The van der Waals surface area contributed by atoms with Gasteiger partial charge in [-0.2, -0.15) is 0 Å². The predicted molar refractivity (Wildman–Crippen MR) is 63.9 cm³/mol. The van der Waals surface area contributed by atoms with Crippen molar-refractivity contribution in [1.29, 1.82) is 0 Å². The number of nitrogens with one attached hydrogen (secondary N) is 1. The zero-order valence-corrected chi connectivity index (χ0v) is 10.1. The fourth-order valence-corrected chi connectivity index (χ4v) is 2.28. The Bertz CT molecular complexity index is 221. The molecule has 4 nitrogen and oxygen atoms in total. The predicted octanol–water partition coefficient (Wildman–Crippen LogP) is 0.781. The second-order valence-electron chi connectivity index (χ2n) is 4.82. The minimum atomic E-state index is -0.232. The molecule has 0 bridgehead atoms. The van der Waals surface area contributed by atoms with Gasteiger partial charge in [0.05, 0.1) is 6.10 Å². The largest absolute Gasteiger partial charge is 0.393 e. The van der Waals surface area contributed by atoms with Crippen LogP contribution in [-0.2, 0) is 4.79 Å². The van der Waals surface area contributed by atoms with Gasteiger partial charge in [-0.3, -0.25) is 4.79 Å². The summed E-state index contributed by atoms with van der Waals surface area (Å²) >= 11 is 0. The normalized spacial score (nSPS) is 26.7. The molecule has 0 heterocycles. The van der Waals surface area contributed by atoms with Crippen molar-refractivity contribution in [3.05, 3.63) is 0 Å². The molecule has 0 aromatic carbocycles. The van der Waals surface area contributed by atoms with Crippen LogP contribution in [0.5, 0.6) is 0 Å². The molecule has 4 heteroatoms. The summed E-state index contributed by atoms with van der Waals surface area (Å²) < 4.78 is 0. The van der Waals surface area contributed by atoms with Gasteiger partial charge in [0, 0.05) is 24.9 Å². The van der Waals surface area contributed by atoms with Gasteiger partial charge in [-0.25, -0.2) is 0 Å². The van der Waals surface area contributed by atoms with Gasteiger partial charge >= 0.3 is 0 Å². The highest BCUT2D eigenvalue weighted by Gasteiger charge is 2.25. The molecule has 1 amide bonds. The van der Waals surface area contributed by atoms with Gasteiger partial charge in [-0.15, -0.1) is 0 Å². The summed E-state index contributed by atoms with van der Waals surface area (Å²) in [5, 5.41) is 12.5. The Morgan fingerprint density at radius 3 is 2.88 bits per heavy atom. The van der Waals surface area contributed by atoms with Gasteiger partial charge in [0.15, 0.2) is 0 Å². The highest BCUT2D eigenvalue weighted by Crippen LogP contribution is 2.24. The van der Waals surface area contributed by atoms with E-state index in [2.05, 4.69) is 12.2 Å². The van der Waals surface area contributed by atoms with E-state index in [9.17, 15) is 9.90 Å². The van der Waals surface area contributed by atoms with Crippen molar-refractivity contribution >= 4 is 5.91 Å². The van der Waals surface area contributed by atoms with Crippen molar-refractivity contribution < 1.29 is 9.90 Å². The third-order valence-electron chi connectivity index (χ3n) is 3.29. The van der Waals surface area contributed by atoms with E-state index in [1.165, 1.54) is 0 Å². The molecule has 0 aliphatic heterocycles. The molecule has 94 valence electrons. The standard InChI is InChI=1S/C12H24N2O2/c1-2-4-10(13)7-12(16)14-8-9-5-3-6-11(9)15/h9-11,15H,2-8,13H2,1H3,(H,14,16). The summed E-state index contributed by atoms with van der Waals surface area (Å²) in [6.45, 7) is 2.66. The lowest BCUT2D eigenvalue weighted by Crippen LogP contribution is -2.36. The van der Waals surface area contributed by atoms with Gasteiger partial charge in [0.1, 0.15) is 0 Å². The van der Waals surface area contributed by atoms with Crippen LogP contribution in [0.15, 0.2) is 0 Å². The molecule has 4 N–H and O–H groups in total. The van der Waals surface area contributed by atoms with E-state index in [4.69, 9.17) is 5.73 Å². The molecular formula is C12H24N2O2. The Morgan fingerprint density at radius 2 is 2.31 bits per heavy atom. The fourth-order valence-electron chi connectivity index (χ4n) is 2.28. The van der Waals surface area contributed by atoms with Gasteiger partial charge in [-0.1, -0.05) is 19.8 Å². The number of hydrogen-bond donors (Lipinski definition) is 3. The molecule has 1 saturated carbocycles. The van der Waals surface area contributed by atoms with E-state index in [-0.39, 0.29) is 24.0 Å². The molecule has 1 aliphatic carbocycles. The first-order valence-corrected chi connectivity index (χ1v) is 6.33. The van der Waals surface area contributed by atoms with E-state index in [0.717, 1.165) is 32.1 Å². The zero-order valence-electron chi connectivity index (χ0n) is 10.1. The molecule has 1 aliphatic rings. The molecule has 1 rings (SSSR count). The van der Waals surface area contributed by atoms with Crippen molar-refractivity contribution in [3.63, 3.8) is 0 Å². The quantitative estimate of drug-likeness (QED) is 0.629. The van der Waals surface area contributed by atoms with Crippen LogP contribution in [0.2, 0.25) is 0 Å². The molecule has 0 spiro atoms. The first-order valence-electron chi connectivity index (χ1n) is 6.33. The van der Waals surface area contributed by atoms with Crippen LogP contribution in [0, 0.1) is 5.92 Å². The molecule has 16 heavy (non-hydrogen) atoms. The third-order valence-corrected chi connectivity index (χ3v) is 3.29. The van der Waals surface area contributed by atoms with E-state index >= 15 is 0 Å². The number of aliphatic hydroxyl groups excluding tert-OH is 1. The van der Waals surface area contributed by atoms with Crippen LogP contribution >= 0.6 is 0 Å². The first kappa shape index (κ1) is 13.5. The van der Waals surface area contributed by atoms with Crippen molar-refractivity contribution in [2.45, 2.75) is 57.6 Å². The van der Waals surface area contributed by atoms with Crippen LogP contribution in [0.25, 0.3) is 0 Å². The van der Waals surface area contributed by atoms with Gasteiger partial charge in [0.25, 0.3) is 0 Å². The van der Waals surface area contributed by atoms with Crippen molar-refractivity contribution in [1.82, 2.24) is 5.32 Å².